The summed E-state index contributed by atoms with van der Waals surface area (Å²) in [7, 11) is 0. The molecule has 98 valence electrons. The van der Waals surface area contributed by atoms with Crippen LogP contribution in [-0.4, -0.2) is 10.1 Å². The van der Waals surface area contributed by atoms with Crippen LogP contribution in [0, 0.1) is 0 Å². The minimum absolute atomic E-state index is 0.0205. The Labute approximate surface area is 125 Å². The smallest absolute Gasteiger partial charge is 0.141 e. The Balaban J connectivity index is 2.20. The van der Waals surface area contributed by atoms with E-state index >= 15 is 0 Å². The van der Waals surface area contributed by atoms with Crippen LogP contribution in [0.1, 0.15) is 11.1 Å². The zero-order chi connectivity index (χ0) is 13.8. The van der Waals surface area contributed by atoms with Gasteiger partial charge < -0.3 is 15.6 Å². The van der Waals surface area contributed by atoms with E-state index < -0.39 is 0 Å². The lowest BCUT2D eigenvalue weighted by Gasteiger charge is -2.09. The average molecular weight is 338 g/mol. The molecule has 0 saturated carbocycles. The van der Waals surface area contributed by atoms with Gasteiger partial charge in [0.15, 0.2) is 0 Å². The van der Waals surface area contributed by atoms with Gasteiger partial charge in [0.25, 0.3) is 0 Å². The fourth-order valence-corrected chi connectivity index (χ4v) is 2.11. The average Bonchev–Trinajstić information content (AvgIpc) is 2.41. The Bertz CT molecular complexity index is 599. The fourth-order valence-electron chi connectivity index (χ4n) is 1.53. The molecule has 0 aliphatic rings. The van der Waals surface area contributed by atoms with Crippen LogP contribution in [0.15, 0.2) is 46.9 Å². The molecular formula is C14H12BrNO2S. The van der Waals surface area contributed by atoms with Crippen LogP contribution in [0.25, 0.3) is 0 Å². The number of hydrogen-bond donors (Lipinski definition) is 2. The molecule has 0 fully saturated rings. The van der Waals surface area contributed by atoms with Crippen LogP contribution in [-0.2, 0) is 6.61 Å². The molecule has 2 rings (SSSR count). The predicted molar refractivity (Wildman–Crippen MR) is 82.5 cm³/mol. The number of halogens is 1. The van der Waals surface area contributed by atoms with Gasteiger partial charge in [0.05, 0.1) is 11.1 Å². The molecule has 3 nitrogen and oxygen atoms in total. The minimum Gasteiger partial charge on any atom is -0.456 e. The maximum Gasteiger partial charge on any atom is 0.141 e. The van der Waals surface area contributed by atoms with Crippen molar-refractivity contribution in [3.63, 3.8) is 0 Å². The van der Waals surface area contributed by atoms with Gasteiger partial charge in [-0.2, -0.15) is 0 Å². The topological polar surface area (TPSA) is 55.5 Å². The number of hydrogen-bond acceptors (Lipinski definition) is 3. The van der Waals surface area contributed by atoms with E-state index in [0.717, 1.165) is 15.6 Å². The molecule has 0 bridgehead atoms. The second kappa shape index (κ2) is 6.14. The van der Waals surface area contributed by atoms with Gasteiger partial charge >= 0.3 is 0 Å². The van der Waals surface area contributed by atoms with Crippen molar-refractivity contribution in [1.29, 1.82) is 0 Å². The molecule has 0 atom stereocenters. The lowest BCUT2D eigenvalue weighted by molar-refractivity contribution is 0.281. The zero-order valence-corrected chi connectivity index (χ0v) is 12.4. The quantitative estimate of drug-likeness (QED) is 0.840. The number of benzene rings is 2. The summed E-state index contributed by atoms with van der Waals surface area (Å²) in [6.45, 7) is 0.0205. The van der Waals surface area contributed by atoms with Gasteiger partial charge in [0, 0.05) is 5.56 Å². The third kappa shape index (κ3) is 3.53. The molecule has 0 radical (unpaired) electrons. The number of rotatable bonds is 4. The highest BCUT2D eigenvalue weighted by Crippen LogP contribution is 2.30. The van der Waals surface area contributed by atoms with E-state index in [0.29, 0.717) is 16.5 Å². The number of nitrogens with two attached hydrogens (primary N) is 1. The number of aliphatic hydroxyl groups excluding tert-OH is 1. The van der Waals surface area contributed by atoms with Gasteiger partial charge in [-0.25, -0.2) is 0 Å². The lowest BCUT2D eigenvalue weighted by atomic mass is 10.2. The monoisotopic (exact) mass is 337 g/mol. The lowest BCUT2D eigenvalue weighted by Crippen LogP contribution is -2.08. The highest BCUT2D eigenvalue weighted by Gasteiger charge is 2.05. The first-order valence-corrected chi connectivity index (χ1v) is 6.77. The Morgan fingerprint density at radius 1 is 1.21 bits per heavy atom. The number of ether oxygens (including phenoxy) is 1. The normalized spacial score (nSPS) is 10.2. The highest BCUT2D eigenvalue weighted by atomic mass is 79.9. The van der Waals surface area contributed by atoms with Gasteiger partial charge in [-0.15, -0.1) is 0 Å². The molecule has 2 aromatic rings. The van der Waals surface area contributed by atoms with Gasteiger partial charge in [-0.05, 0) is 51.8 Å². The zero-order valence-electron chi connectivity index (χ0n) is 9.97. The molecule has 19 heavy (non-hydrogen) atoms. The summed E-state index contributed by atoms with van der Waals surface area (Å²) >= 11 is 8.34. The fraction of sp³-hybridized carbons (Fsp3) is 0.0714. The molecule has 0 spiro atoms. The molecule has 3 N–H and O–H groups in total. The van der Waals surface area contributed by atoms with Gasteiger partial charge in [0.1, 0.15) is 16.5 Å². The summed E-state index contributed by atoms with van der Waals surface area (Å²) < 4.78 is 6.51. The van der Waals surface area contributed by atoms with Crippen molar-refractivity contribution in [2.45, 2.75) is 6.61 Å². The van der Waals surface area contributed by atoms with E-state index in [4.69, 9.17) is 27.8 Å². The summed E-state index contributed by atoms with van der Waals surface area (Å²) in [5.41, 5.74) is 7.19. The number of aliphatic hydroxyl groups is 1. The van der Waals surface area contributed by atoms with E-state index in [9.17, 15) is 0 Å². The maximum atomic E-state index is 8.97. The van der Waals surface area contributed by atoms with Crippen LogP contribution < -0.4 is 10.5 Å². The second-order valence-electron chi connectivity index (χ2n) is 3.91. The SMILES string of the molecule is NC(=S)c1ccc(Oc2ccc(CO)cc2)c(Br)c1. The summed E-state index contributed by atoms with van der Waals surface area (Å²) in [6, 6.07) is 12.7. The van der Waals surface area contributed by atoms with Crippen LogP contribution in [0.3, 0.4) is 0 Å². The van der Waals surface area contributed by atoms with Crippen LogP contribution >= 0.6 is 28.1 Å². The molecule has 0 aliphatic heterocycles. The molecule has 0 amide bonds. The standard InChI is InChI=1S/C14H12BrNO2S/c15-12-7-10(14(16)19)3-6-13(12)18-11-4-1-9(8-17)2-5-11/h1-7,17H,8H2,(H2,16,19). The second-order valence-corrected chi connectivity index (χ2v) is 5.21. The Kier molecular flexibility index (Phi) is 4.52. The predicted octanol–water partition coefficient (Wildman–Crippen LogP) is 3.37. The van der Waals surface area contributed by atoms with E-state index in [1.165, 1.54) is 0 Å². The van der Waals surface area contributed by atoms with Crippen molar-refractivity contribution >= 4 is 33.1 Å². The van der Waals surface area contributed by atoms with Crippen molar-refractivity contribution in [3.05, 3.63) is 58.1 Å². The largest absolute Gasteiger partial charge is 0.456 e. The summed E-state index contributed by atoms with van der Waals surface area (Å²) in [5.74, 6) is 1.37. The van der Waals surface area contributed by atoms with Gasteiger partial charge in [-0.3, -0.25) is 0 Å². The molecule has 5 heteroatoms. The van der Waals surface area contributed by atoms with Crippen molar-refractivity contribution in [2.24, 2.45) is 5.73 Å². The van der Waals surface area contributed by atoms with Crippen molar-refractivity contribution in [1.82, 2.24) is 0 Å². The molecule has 0 saturated heterocycles. The van der Waals surface area contributed by atoms with E-state index in [1.807, 2.05) is 24.3 Å². The summed E-state index contributed by atoms with van der Waals surface area (Å²) in [5, 5.41) is 8.97. The third-order valence-electron chi connectivity index (χ3n) is 2.55. The Morgan fingerprint density at radius 3 is 2.42 bits per heavy atom. The molecule has 0 aliphatic carbocycles. The van der Waals surface area contributed by atoms with Crippen molar-refractivity contribution in [2.75, 3.05) is 0 Å². The first-order valence-electron chi connectivity index (χ1n) is 5.57. The van der Waals surface area contributed by atoms with Crippen molar-refractivity contribution < 1.29 is 9.84 Å². The molecular weight excluding hydrogens is 326 g/mol. The first-order chi connectivity index (χ1) is 9.10. The molecule has 2 aromatic carbocycles. The molecule has 0 aromatic heterocycles. The minimum atomic E-state index is 0.0205. The Hall–Kier alpha value is -1.43. The molecule has 0 heterocycles. The summed E-state index contributed by atoms with van der Waals surface area (Å²) in [6.07, 6.45) is 0. The highest BCUT2D eigenvalue weighted by molar-refractivity contribution is 9.10. The van der Waals surface area contributed by atoms with E-state index in [1.54, 1.807) is 18.2 Å². The first kappa shape index (κ1) is 14.0. The summed E-state index contributed by atoms with van der Waals surface area (Å²) in [4.78, 5) is 0.347. The van der Waals surface area contributed by atoms with Crippen LogP contribution in [0.4, 0.5) is 0 Å². The molecule has 0 unspecified atom stereocenters. The Morgan fingerprint density at radius 2 is 1.89 bits per heavy atom. The van der Waals surface area contributed by atoms with Gasteiger partial charge in [0.2, 0.25) is 0 Å². The number of thiocarbonyl (C=S) groups is 1. The van der Waals surface area contributed by atoms with Crippen molar-refractivity contribution in [3.8, 4) is 11.5 Å². The van der Waals surface area contributed by atoms with Crippen LogP contribution in [0.5, 0.6) is 11.5 Å². The maximum absolute atomic E-state index is 8.97. The third-order valence-corrected chi connectivity index (χ3v) is 3.41. The van der Waals surface area contributed by atoms with E-state index in [2.05, 4.69) is 15.9 Å². The van der Waals surface area contributed by atoms with Crippen LogP contribution in [0.2, 0.25) is 0 Å². The van der Waals surface area contributed by atoms with Gasteiger partial charge in [-0.1, -0.05) is 24.4 Å². The van der Waals surface area contributed by atoms with E-state index in [-0.39, 0.29) is 6.61 Å².